The molecule has 4 aromatic heterocycles. The summed E-state index contributed by atoms with van der Waals surface area (Å²) in [5.74, 6) is 2.24. The van der Waals surface area contributed by atoms with Crippen molar-refractivity contribution in [1.29, 1.82) is 0 Å². The van der Waals surface area contributed by atoms with Crippen LogP contribution in [-0.4, -0.2) is 24.5 Å². The van der Waals surface area contributed by atoms with Gasteiger partial charge < -0.3 is 9.88 Å². The molecule has 0 bridgehead atoms. The molecule has 7 heteroatoms. The second-order valence-corrected chi connectivity index (χ2v) is 8.32. The number of imidazole rings is 1. The van der Waals surface area contributed by atoms with E-state index in [1.807, 2.05) is 12.5 Å². The lowest BCUT2D eigenvalue weighted by molar-refractivity contribution is 0.611. The summed E-state index contributed by atoms with van der Waals surface area (Å²) in [7, 11) is 0. The van der Waals surface area contributed by atoms with Crippen molar-refractivity contribution in [3.8, 4) is 11.3 Å². The molecule has 0 amide bonds. The zero-order valence-corrected chi connectivity index (χ0v) is 16.8. The van der Waals surface area contributed by atoms with Gasteiger partial charge in [0.25, 0.3) is 0 Å². The van der Waals surface area contributed by atoms with Gasteiger partial charge in [-0.2, -0.15) is 11.3 Å². The van der Waals surface area contributed by atoms with E-state index in [1.165, 1.54) is 12.8 Å². The number of anilines is 1. The minimum Gasteiger partial charge on any atom is -0.364 e. The fourth-order valence-corrected chi connectivity index (χ4v) is 3.90. The molecule has 142 valence electrons. The summed E-state index contributed by atoms with van der Waals surface area (Å²) in [4.78, 5) is 18.8. The third kappa shape index (κ3) is 3.26. The van der Waals surface area contributed by atoms with Gasteiger partial charge in [-0.05, 0) is 49.8 Å². The first-order chi connectivity index (χ1) is 13.7. The molecular weight excluding hydrogens is 368 g/mol. The quantitative estimate of drug-likeness (QED) is 0.501. The third-order valence-electron chi connectivity index (χ3n) is 5.04. The Kier molecular flexibility index (Phi) is 4.31. The van der Waals surface area contributed by atoms with Crippen molar-refractivity contribution in [3.63, 3.8) is 0 Å². The van der Waals surface area contributed by atoms with Gasteiger partial charge in [0, 0.05) is 35.6 Å². The van der Waals surface area contributed by atoms with Crippen LogP contribution in [0, 0.1) is 0 Å². The Morgan fingerprint density at radius 3 is 2.75 bits per heavy atom. The number of nitrogens with one attached hydrogen (secondary N) is 1. The van der Waals surface area contributed by atoms with E-state index < -0.39 is 0 Å². The van der Waals surface area contributed by atoms with Crippen molar-refractivity contribution in [2.24, 2.45) is 0 Å². The first-order valence-corrected chi connectivity index (χ1v) is 10.6. The summed E-state index contributed by atoms with van der Waals surface area (Å²) in [6, 6.07) is 6.58. The molecule has 1 N–H and O–H groups in total. The van der Waals surface area contributed by atoms with Gasteiger partial charge in [-0.25, -0.2) is 15.0 Å². The Morgan fingerprint density at radius 2 is 2.07 bits per heavy atom. The van der Waals surface area contributed by atoms with Crippen LogP contribution in [0.1, 0.15) is 50.0 Å². The van der Waals surface area contributed by atoms with E-state index in [2.05, 4.69) is 62.7 Å². The highest BCUT2D eigenvalue weighted by molar-refractivity contribution is 7.08. The second kappa shape index (κ2) is 6.98. The minimum atomic E-state index is 0.314. The minimum absolute atomic E-state index is 0.314. The lowest BCUT2D eigenvalue weighted by Crippen LogP contribution is -2.07. The van der Waals surface area contributed by atoms with Crippen molar-refractivity contribution in [2.75, 3.05) is 5.32 Å². The molecule has 6 nitrogen and oxygen atoms in total. The van der Waals surface area contributed by atoms with Crippen molar-refractivity contribution in [2.45, 2.75) is 45.2 Å². The molecule has 1 saturated carbocycles. The Labute approximate surface area is 167 Å². The largest absolute Gasteiger partial charge is 0.364 e. The topological polar surface area (TPSA) is 68.5 Å². The predicted octanol–water partition coefficient (Wildman–Crippen LogP) is 5.02. The van der Waals surface area contributed by atoms with E-state index in [9.17, 15) is 0 Å². The van der Waals surface area contributed by atoms with Gasteiger partial charge in [0.1, 0.15) is 11.3 Å². The molecule has 0 atom stereocenters. The molecule has 0 unspecified atom stereocenters. The smallest absolute Gasteiger partial charge is 0.166 e. The fraction of sp³-hybridized carbons (Fsp3) is 0.333. The molecule has 0 saturated heterocycles. The summed E-state index contributed by atoms with van der Waals surface area (Å²) in [6.07, 6.45) is 6.14. The highest BCUT2D eigenvalue weighted by atomic mass is 32.1. The van der Waals surface area contributed by atoms with Crippen LogP contribution in [0.25, 0.3) is 22.4 Å². The van der Waals surface area contributed by atoms with Crippen molar-refractivity contribution in [3.05, 3.63) is 52.9 Å². The monoisotopic (exact) mass is 390 g/mol. The third-order valence-corrected chi connectivity index (χ3v) is 5.72. The molecule has 1 aliphatic rings. The summed E-state index contributed by atoms with van der Waals surface area (Å²) >= 11 is 1.68. The van der Waals surface area contributed by atoms with Crippen LogP contribution in [-0.2, 0) is 6.54 Å². The summed E-state index contributed by atoms with van der Waals surface area (Å²) in [5, 5.41) is 7.65. The van der Waals surface area contributed by atoms with Crippen LogP contribution < -0.4 is 5.32 Å². The molecule has 0 radical (unpaired) electrons. The van der Waals surface area contributed by atoms with Gasteiger partial charge in [0.2, 0.25) is 0 Å². The van der Waals surface area contributed by atoms with E-state index in [0.717, 1.165) is 39.6 Å². The SMILES string of the molecule is CC(C)n1cnc2c(NCc3ccc(-c4ccsc4)nc3)nc(C3CC3)nc21. The van der Waals surface area contributed by atoms with Gasteiger partial charge in [-0.15, -0.1) is 0 Å². The zero-order valence-electron chi connectivity index (χ0n) is 16.0. The number of rotatable bonds is 6. The lowest BCUT2D eigenvalue weighted by atomic mass is 10.2. The van der Waals surface area contributed by atoms with E-state index in [0.29, 0.717) is 18.5 Å². The van der Waals surface area contributed by atoms with Gasteiger partial charge in [0.15, 0.2) is 11.5 Å². The van der Waals surface area contributed by atoms with Crippen LogP contribution in [0.3, 0.4) is 0 Å². The molecule has 28 heavy (non-hydrogen) atoms. The standard InChI is InChI=1S/C21H22N6S/c1-13(2)27-12-24-18-20(25-19(15-4-5-15)26-21(18)27)23-10-14-3-6-17(22-9-14)16-7-8-28-11-16/h3,6-9,11-13,15H,4-5,10H2,1-2H3,(H,23,25,26). The van der Waals surface area contributed by atoms with Crippen molar-refractivity contribution < 1.29 is 0 Å². The second-order valence-electron chi connectivity index (χ2n) is 7.54. The maximum Gasteiger partial charge on any atom is 0.166 e. The Morgan fingerprint density at radius 1 is 1.18 bits per heavy atom. The Hall–Kier alpha value is -2.80. The van der Waals surface area contributed by atoms with Crippen LogP contribution in [0.15, 0.2) is 41.5 Å². The number of aromatic nitrogens is 5. The van der Waals surface area contributed by atoms with Gasteiger partial charge in [-0.1, -0.05) is 6.07 Å². The maximum absolute atomic E-state index is 4.81. The van der Waals surface area contributed by atoms with Crippen LogP contribution >= 0.6 is 11.3 Å². The van der Waals surface area contributed by atoms with Crippen LogP contribution in [0.2, 0.25) is 0 Å². The summed E-state index contributed by atoms with van der Waals surface area (Å²) in [5.41, 5.74) is 5.03. The first-order valence-electron chi connectivity index (χ1n) is 9.65. The van der Waals surface area contributed by atoms with E-state index in [-0.39, 0.29) is 0 Å². The van der Waals surface area contributed by atoms with Crippen LogP contribution in [0.4, 0.5) is 5.82 Å². The van der Waals surface area contributed by atoms with Crippen LogP contribution in [0.5, 0.6) is 0 Å². The van der Waals surface area contributed by atoms with Crippen molar-refractivity contribution >= 4 is 28.3 Å². The molecular formula is C21H22N6S. The first kappa shape index (κ1) is 17.3. The van der Waals surface area contributed by atoms with E-state index in [4.69, 9.17) is 9.97 Å². The van der Waals surface area contributed by atoms with E-state index in [1.54, 1.807) is 11.3 Å². The maximum atomic E-state index is 4.81. The highest BCUT2D eigenvalue weighted by Gasteiger charge is 2.28. The average Bonchev–Trinajstić information content (AvgIpc) is 3.24. The molecule has 1 fully saturated rings. The van der Waals surface area contributed by atoms with E-state index >= 15 is 0 Å². The molecule has 4 heterocycles. The molecule has 0 aromatic carbocycles. The Balaban J connectivity index is 1.41. The molecule has 4 aromatic rings. The number of hydrogen-bond acceptors (Lipinski definition) is 6. The molecule has 0 spiro atoms. The zero-order chi connectivity index (χ0) is 19.1. The van der Waals surface area contributed by atoms with Gasteiger partial charge in [-0.3, -0.25) is 4.98 Å². The van der Waals surface area contributed by atoms with Crippen molar-refractivity contribution in [1.82, 2.24) is 24.5 Å². The normalized spacial score (nSPS) is 14.1. The molecule has 0 aliphatic heterocycles. The molecule has 1 aliphatic carbocycles. The molecule has 5 rings (SSSR count). The van der Waals surface area contributed by atoms with Gasteiger partial charge in [0.05, 0.1) is 12.0 Å². The number of nitrogens with zero attached hydrogens (tertiary/aromatic N) is 5. The lowest BCUT2D eigenvalue weighted by Gasteiger charge is -2.11. The highest BCUT2D eigenvalue weighted by Crippen LogP contribution is 2.39. The Bertz CT molecular complexity index is 1090. The number of fused-ring (bicyclic) bond motifs is 1. The summed E-state index contributed by atoms with van der Waals surface area (Å²) in [6.45, 7) is 4.95. The van der Waals surface area contributed by atoms with Gasteiger partial charge >= 0.3 is 0 Å². The number of hydrogen-bond donors (Lipinski definition) is 1. The fourth-order valence-electron chi connectivity index (χ4n) is 3.25. The predicted molar refractivity (Wildman–Crippen MR) is 113 cm³/mol. The number of thiophene rings is 1. The number of pyridine rings is 1. The summed E-state index contributed by atoms with van der Waals surface area (Å²) < 4.78 is 2.12. The average molecular weight is 391 g/mol.